The van der Waals surface area contributed by atoms with Gasteiger partial charge >= 0.3 is 5.97 Å². The van der Waals surface area contributed by atoms with Gasteiger partial charge in [-0.2, -0.15) is 0 Å². The lowest BCUT2D eigenvalue weighted by Gasteiger charge is -2.25. The molecule has 1 aliphatic carbocycles. The molecule has 3 aromatic rings. The maximum Gasteiger partial charge on any atom is 0.303 e. The van der Waals surface area contributed by atoms with Crippen molar-refractivity contribution < 1.29 is 36.9 Å². The average Bonchev–Trinajstić information content (AvgIpc) is 3.22. The Morgan fingerprint density at radius 2 is 1.71 bits per heavy atom. The summed E-state index contributed by atoms with van der Waals surface area (Å²) in [7, 11) is -4.42. The summed E-state index contributed by atoms with van der Waals surface area (Å²) >= 11 is 0. The highest BCUT2D eigenvalue weighted by molar-refractivity contribution is 7.89. The monoisotopic (exact) mass is 585 g/mol. The Morgan fingerprint density at radius 3 is 2.39 bits per heavy atom. The molecule has 0 heterocycles. The van der Waals surface area contributed by atoms with Gasteiger partial charge in [0.1, 0.15) is 16.5 Å². The minimum absolute atomic E-state index is 0.0347. The number of hydrogen-bond donors (Lipinski definition) is 3. The Kier molecular flexibility index (Phi) is 10.4. The number of carboxylic acid groups (broad SMARTS) is 1. The summed E-state index contributed by atoms with van der Waals surface area (Å²) in [5, 5.41) is 19.7. The highest BCUT2D eigenvalue weighted by atomic mass is 32.2. The van der Waals surface area contributed by atoms with E-state index in [0.29, 0.717) is 25.3 Å². The van der Waals surface area contributed by atoms with E-state index in [9.17, 15) is 27.1 Å². The number of hydrogen-bond acceptors (Lipinski definition) is 5. The number of sulfonamides is 1. The number of rotatable bonds is 13. The Hall–Kier alpha value is -3.44. The van der Waals surface area contributed by atoms with Gasteiger partial charge in [0, 0.05) is 24.8 Å². The van der Waals surface area contributed by atoms with Gasteiger partial charge in [0.05, 0.1) is 24.9 Å². The van der Waals surface area contributed by atoms with Crippen molar-refractivity contribution in [1.29, 1.82) is 0 Å². The zero-order valence-corrected chi connectivity index (χ0v) is 23.1. The first-order valence-corrected chi connectivity index (χ1v) is 14.9. The number of carboxylic acids is 1. The van der Waals surface area contributed by atoms with Crippen LogP contribution in [0.15, 0.2) is 89.8 Å². The molecule has 0 unspecified atom stereocenters. The van der Waals surface area contributed by atoms with E-state index in [1.165, 1.54) is 0 Å². The molecule has 10 heteroatoms. The summed E-state index contributed by atoms with van der Waals surface area (Å²) < 4.78 is 62.3. The largest absolute Gasteiger partial charge is 0.481 e. The molecule has 1 aliphatic rings. The number of ether oxygens (including phenoxy) is 1. The van der Waals surface area contributed by atoms with Crippen molar-refractivity contribution in [3.63, 3.8) is 0 Å². The zero-order chi connectivity index (χ0) is 29.4. The molecule has 0 aliphatic heterocycles. The molecule has 4 atom stereocenters. The van der Waals surface area contributed by atoms with Crippen LogP contribution < -0.4 is 4.72 Å². The smallest absolute Gasteiger partial charge is 0.303 e. The number of aliphatic carboxylic acids is 1. The molecule has 0 spiro atoms. The van der Waals surface area contributed by atoms with Gasteiger partial charge in [-0.1, -0.05) is 66.7 Å². The van der Waals surface area contributed by atoms with E-state index < -0.39 is 56.7 Å². The minimum Gasteiger partial charge on any atom is -0.481 e. The molecule has 4 rings (SSSR count). The molecule has 3 aromatic carbocycles. The van der Waals surface area contributed by atoms with Gasteiger partial charge < -0.3 is 14.9 Å². The first-order chi connectivity index (χ1) is 19.6. The van der Waals surface area contributed by atoms with Crippen LogP contribution in [0.25, 0.3) is 11.1 Å². The number of halogens is 2. The van der Waals surface area contributed by atoms with Gasteiger partial charge in [0.2, 0.25) is 10.0 Å². The van der Waals surface area contributed by atoms with E-state index in [0.717, 1.165) is 28.8 Å². The third-order valence-corrected chi connectivity index (χ3v) is 8.66. The lowest BCUT2D eigenvalue weighted by Crippen LogP contribution is -2.45. The van der Waals surface area contributed by atoms with Crippen LogP contribution in [-0.4, -0.2) is 42.8 Å². The summed E-state index contributed by atoms with van der Waals surface area (Å²) in [4.78, 5) is 10.0. The first kappa shape index (κ1) is 30.5. The molecule has 0 aromatic heterocycles. The number of carbonyl (C=O) groups is 1. The molecule has 0 amide bonds. The second-order valence-corrected chi connectivity index (χ2v) is 11.8. The van der Waals surface area contributed by atoms with E-state index in [-0.39, 0.29) is 19.4 Å². The average molecular weight is 586 g/mol. The number of allylic oxidation sites excluding steroid dienone is 2. The van der Waals surface area contributed by atoms with Crippen LogP contribution in [0.1, 0.15) is 37.7 Å². The molecule has 218 valence electrons. The van der Waals surface area contributed by atoms with Gasteiger partial charge in [-0.05, 0) is 48.1 Å². The van der Waals surface area contributed by atoms with Crippen LogP contribution in [0.4, 0.5) is 8.78 Å². The number of unbranched alkanes of at least 4 members (excludes halogenated alkanes) is 1. The van der Waals surface area contributed by atoms with Gasteiger partial charge in [0.15, 0.2) is 0 Å². The standard InChI is InChI=1S/C31H33F2NO6S/c32-24-16-17-29(26(33)18-24)41(38,39)34-31-25(10-6-1-2-7-11-30(36)37)28(19-27(31)35)40-20-21-12-14-23(15-13-21)22-8-4-3-5-9-22/h1,3-6,8-9,12-18,25,27-28,31,34-35H,2,7,10-11,19-20H2,(H,36,37)/b6-1-/t25-,27+,28-,31+/m0/s1. The third kappa shape index (κ3) is 8.29. The van der Waals surface area contributed by atoms with Crippen LogP contribution in [0.5, 0.6) is 0 Å². The Balaban J connectivity index is 1.47. The summed E-state index contributed by atoms with van der Waals surface area (Å²) in [6.07, 6.45) is 3.51. The molecule has 7 nitrogen and oxygen atoms in total. The molecular formula is C31H33F2NO6S. The second-order valence-electron chi connectivity index (χ2n) is 10.1. The first-order valence-electron chi connectivity index (χ1n) is 13.4. The number of aliphatic hydroxyl groups is 1. The van der Waals surface area contributed by atoms with Gasteiger partial charge in [0.25, 0.3) is 0 Å². The summed E-state index contributed by atoms with van der Waals surface area (Å²) in [5.41, 5.74) is 3.04. The topological polar surface area (TPSA) is 113 Å². The Bertz CT molecular complexity index is 1450. The molecule has 41 heavy (non-hydrogen) atoms. The van der Waals surface area contributed by atoms with Gasteiger partial charge in [-0.25, -0.2) is 21.9 Å². The van der Waals surface area contributed by atoms with Crippen molar-refractivity contribution in [2.24, 2.45) is 5.92 Å². The quantitative estimate of drug-likeness (QED) is 0.182. The highest BCUT2D eigenvalue weighted by Crippen LogP contribution is 2.34. The SMILES string of the molecule is O=C(O)CCC/C=C\C[C@@H]1[C@@H](NS(=O)(=O)c2ccc(F)cc2F)[C@H](O)C[C@@H]1OCc1ccc(-c2ccccc2)cc1. The van der Waals surface area contributed by atoms with Crippen molar-refractivity contribution in [3.8, 4) is 11.1 Å². The van der Waals surface area contributed by atoms with Gasteiger partial charge in [-0.3, -0.25) is 4.79 Å². The van der Waals surface area contributed by atoms with Crippen LogP contribution in [0.3, 0.4) is 0 Å². The van der Waals surface area contributed by atoms with Crippen molar-refractivity contribution >= 4 is 16.0 Å². The fourth-order valence-electron chi connectivity index (χ4n) is 5.04. The highest BCUT2D eigenvalue weighted by Gasteiger charge is 2.45. The zero-order valence-electron chi connectivity index (χ0n) is 22.3. The van der Waals surface area contributed by atoms with Crippen molar-refractivity contribution in [3.05, 3.63) is 102 Å². The Morgan fingerprint density at radius 1 is 1.00 bits per heavy atom. The molecule has 0 bridgehead atoms. The second kappa shape index (κ2) is 14.0. The molecule has 0 radical (unpaired) electrons. The van der Waals surface area contributed by atoms with Crippen molar-refractivity contribution in [1.82, 2.24) is 4.72 Å². The van der Waals surface area contributed by atoms with E-state index in [2.05, 4.69) is 4.72 Å². The van der Waals surface area contributed by atoms with Crippen LogP contribution >= 0.6 is 0 Å². The van der Waals surface area contributed by atoms with Crippen LogP contribution in [-0.2, 0) is 26.2 Å². The van der Waals surface area contributed by atoms with Crippen LogP contribution in [0.2, 0.25) is 0 Å². The lowest BCUT2D eigenvalue weighted by molar-refractivity contribution is -0.137. The normalized spacial score (nSPS) is 21.0. The minimum atomic E-state index is -4.42. The maximum atomic E-state index is 14.3. The summed E-state index contributed by atoms with van der Waals surface area (Å²) in [6.45, 7) is 0.233. The van der Waals surface area contributed by atoms with E-state index >= 15 is 0 Å². The summed E-state index contributed by atoms with van der Waals surface area (Å²) in [5.74, 6) is -3.52. The maximum absolute atomic E-state index is 14.3. The fourth-order valence-corrected chi connectivity index (χ4v) is 6.42. The molecular weight excluding hydrogens is 552 g/mol. The third-order valence-electron chi connectivity index (χ3n) is 7.16. The van der Waals surface area contributed by atoms with Crippen molar-refractivity contribution in [2.45, 2.75) is 61.9 Å². The lowest BCUT2D eigenvalue weighted by atomic mass is 9.97. The molecule has 1 fully saturated rings. The predicted molar refractivity (Wildman–Crippen MR) is 150 cm³/mol. The van der Waals surface area contributed by atoms with E-state index in [1.54, 1.807) is 0 Å². The van der Waals surface area contributed by atoms with Crippen LogP contribution in [0, 0.1) is 17.6 Å². The van der Waals surface area contributed by atoms with Crippen molar-refractivity contribution in [2.75, 3.05) is 0 Å². The Labute approximate surface area is 238 Å². The number of nitrogens with one attached hydrogen (secondary N) is 1. The van der Waals surface area contributed by atoms with E-state index in [4.69, 9.17) is 9.84 Å². The fraction of sp³-hybridized carbons (Fsp3) is 0.323. The van der Waals surface area contributed by atoms with E-state index in [1.807, 2.05) is 66.7 Å². The molecule has 0 saturated heterocycles. The summed E-state index contributed by atoms with van der Waals surface area (Å²) in [6, 6.07) is 19.0. The number of aliphatic hydroxyl groups excluding tert-OH is 1. The predicted octanol–water partition coefficient (Wildman–Crippen LogP) is 5.45. The molecule has 1 saturated carbocycles. The molecule has 3 N–H and O–H groups in total. The number of benzene rings is 3. The van der Waals surface area contributed by atoms with Gasteiger partial charge in [-0.15, -0.1) is 0 Å².